The maximum Gasteiger partial charge on any atom is 0.197 e. The third kappa shape index (κ3) is 4.11. The number of ether oxygens (including phenoxy) is 1. The second kappa shape index (κ2) is 7.12. The highest BCUT2D eigenvalue weighted by Crippen LogP contribution is 2.22. The van der Waals surface area contributed by atoms with Crippen molar-refractivity contribution in [3.63, 3.8) is 0 Å². The Kier molecular flexibility index (Phi) is 5.21. The van der Waals surface area contributed by atoms with E-state index in [2.05, 4.69) is 5.32 Å². The predicted molar refractivity (Wildman–Crippen MR) is 84.0 cm³/mol. The number of rotatable bonds is 6. The van der Waals surface area contributed by atoms with E-state index in [1.54, 1.807) is 18.3 Å². The van der Waals surface area contributed by atoms with Gasteiger partial charge >= 0.3 is 0 Å². The molecule has 20 heavy (non-hydrogen) atoms. The molecule has 0 spiro atoms. The van der Waals surface area contributed by atoms with E-state index < -0.39 is 0 Å². The summed E-state index contributed by atoms with van der Waals surface area (Å²) in [6.45, 7) is 2.59. The number of halogens is 1. The predicted octanol–water partition coefficient (Wildman–Crippen LogP) is 4.61. The minimum atomic E-state index is -0.0691. The highest BCUT2D eigenvalue weighted by molar-refractivity contribution is 7.18. The molecule has 0 aliphatic heterocycles. The van der Waals surface area contributed by atoms with Crippen LogP contribution < -0.4 is 10.1 Å². The van der Waals surface area contributed by atoms with Gasteiger partial charge in [0.1, 0.15) is 5.75 Å². The van der Waals surface area contributed by atoms with Gasteiger partial charge in [-0.1, -0.05) is 11.6 Å². The summed E-state index contributed by atoms with van der Waals surface area (Å²) in [5.41, 5.74) is 0.890. The average Bonchev–Trinajstić information content (AvgIpc) is 2.88. The molecule has 0 fully saturated rings. The Morgan fingerprint density at radius 2 is 2.05 bits per heavy atom. The Balaban J connectivity index is 1.91. The van der Waals surface area contributed by atoms with Gasteiger partial charge in [-0.15, -0.1) is 11.3 Å². The lowest BCUT2D eigenvalue weighted by molar-refractivity contribution is 0.105. The topological polar surface area (TPSA) is 38.3 Å². The summed E-state index contributed by atoms with van der Waals surface area (Å²) in [5.74, 6) is 0.756. The molecule has 0 radical (unpaired) electrons. The van der Waals surface area contributed by atoms with Crippen LogP contribution in [0.1, 0.15) is 16.6 Å². The molecule has 2 aromatic rings. The lowest BCUT2D eigenvalue weighted by Crippen LogP contribution is -1.94. The average molecular weight is 308 g/mol. The molecule has 0 atom stereocenters. The van der Waals surface area contributed by atoms with Crippen LogP contribution in [0.4, 0.5) is 5.69 Å². The van der Waals surface area contributed by atoms with Crippen molar-refractivity contribution < 1.29 is 9.53 Å². The fraction of sp³-hybridized carbons (Fsp3) is 0.133. The van der Waals surface area contributed by atoms with Gasteiger partial charge < -0.3 is 10.1 Å². The number of benzene rings is 1. The van der Waals surface area contributed by atoms with E-state index in [4.69, 9.17) is 16.3 Å². The van der Waals surface area contributed by atoms with Gasteiger partial charge in [0.05, 0.1) is 15.8 Å². The molecule has 0 unspecified atom stereocenters. The normalized spacial score (nSPS) is 10.7. The second-order valence-corrected chi connectivity index (χ2v) is 5.62. The molecule has 0 saturated carbocycles. The first kappa shape index (κ1) is 14.6. The van der Waals surface area contributed by atoms with Gasteiger partial charge in [-0.3, -0.25) is 4.79 Å². The van der Waals surface area contributed by atoms with Crippen molar-refractivity contribution in [2.45, 2.75) is 6.92 Å². The first-order chi connectivity index (χ1) is 9.69. The van der Waals surface area contributed by atoms with Gasteiger partial charge in [-0.25, -0.2) is 0 Å². The van der Waals surface area contributed by atoms with Crippen molar-refractivity contribution in [2.24, 2.45) is 0 Å². The highest BCUT2D eigenvalue weighted by Gasteiger charge is 2.04. The molecule has 1 heterocycles. The molecule has 0 aliphatic rings. The van der Waals surface area contributed by atoms with E-state index in [-0.39, 0.29) is 5.78 Å². The van der Waals surface area contributed by atoms with E-state index in [1.165, 1.54) is 17.4 Å². The SMILES string of the molecule is CCOc1ccc(N/C=C\C(=O)c2ccc(Cl)s2)cc1. The van der Waals surface area contributed by atoms with Gasteiger partial charge in [0, 0.05) is 18.0 Å². The number of ketones is 1. The van der Waals surface area contributed by atoms with Crippen LogP contribution in [0.15, 0.2) is 48.7 Å². The molecule has 1 aromatic heterocycles. The molecule has 5 heteroatoms. The first-order valence-corrected chi connectivity index (χ1v) is 7.34. The maximum atomic E-state index is 11.8. The number of hydrogen-bond acceptors (Lipinski definition) is 4. The molecule has 0 saturated heterocycles. The van der Waals surface area contributed by atoms with E-state index in [1.807, 2.05) is 31.2 Å². The fourth-order valence-electron chi connectivity index (χ4n) is 1.56. The largest absolute Gasteiger partial charge is 0.494 e. The zero-order chi connectivity index (χ0) is 14.4. The molecule has 3 nitrogen and oxygen atoms in total. The molecular formula is C15H14ClNO2S. The first-order valence-electron chi connectivity index (χ1n) is 6.14. The summed E-state index contributed by atoms with van der Waals surface area (Å²) in [6, 6.07) is 11.0. The van der Waals surface area contributed by atoms with Gasteiger partial charge in [-0.05, 0) is 43.3 Å². The van der Waals surface area contributed by atoms with Crippen LogP contribution in [0.3, 0.4) is 0 Å². The third-order valence-corrected chi connectivity index (χ3v) is 3.71. The minimum Gasteiger partial charge on any atom is -0.494 e. The number of carbonyl (C=O) groups is 1. The number of thiophene rings is 1. The lowest BCUT2D eigenvalue weighted by atomic mass is 10.3. The molecular weight excluding hydrogens is 294 g/mol. The van der Waals surface area contributed by atoms with Crippen LogP contribution in [-0.4, -0.2) is 12.4 Å². The Labute approximate surface area is 126 Å². The van der Waals surface area contributed by atoms with Crippen molar-refractivity contribution in [1.82, 2.24) is 0 Å². The van der Waals surface area contributed by atoms with Crippen LogP contribution in [0.25, 0.3) is 0 Å². The Morgan fingerprint density at radius 1 is 1.30 bits per heavy atom. The fourth-order valence-corrected chi connectivity index (χ4v) is 2.52. The van der Waals surface area contributed by atoms with E-state index in [0.717, 1.165) is 11.4 Å². The molecule has 104 valence electrons. The summed E-state index contributed by atoms with van der Waals surface area (Å²) in [4.78, 5) is 12.4. The summed E-state index contributed by atoms with van der Waals surface area (Å²) < 4.78 is 5.96. The molecule has 1 N–H and O–H groups in total. The number of carbonyl (C=O) groups excluding carboxylic acids is 1. The third-order valence-electron chi connectivity index (χ3n) is 2.47. The summed E-state index contributed by atoms with van der Waals surface area (Å²) in [5, 5.41) is 3.04. The molecule has 1 aromatic carbocycles. The second-order valence-electron chi connectivity index (χ2n) is 3.90. The van der Waals surface area contributed by atoms with Crippen LogP contribution in [0.2, 0.25) is 4.34 Å². The van der Waals surface area contributed by atoms with Crippen molar-refractivity contribution >= 4 is 34.4 Å². The van der Waals surface area contributed by atoms with Gasteiger partial charge in [-0.2, -0.15) is 0 Å². The smallest absolute Gasteiger partial charge is 0.197 e. The molecule has 2 rings (SSSR count). The molecule has 0 amide bonds. The minimum absolute atomic E-state index is 0.0691. The number of anilines is 1. The Morgan fingerprint density at radius 3 is 2.65 bits per heavy atom. The molecule has 0 aliphatic carbocycles. The number of hydrogen-bond donors (Lipinski definition) is 1. The van der Waals surface area contributed by atoms with E-state index in [9.17, 15) is 4.79 Å². The van der Waals surface area contributed by atoms with Crippen molar-refractivity contribution in [3.05, 3.63) is 57.9 Å². The zero-order valence-corrected chi connectivity index (χ0v) is 12.5. The number of nitrogens with one attached hydrogen (secondary N) is 1. The number of allylic oxidation sites excluding steroid dienone is 1. The van der Waals surface area contributed by atoms with Gasteiger partial charge in [0.25, 0.3) is 0 Å². The van der Waals surface area contributed by atoms with Crippen LogP contribution in [0.5, 0.6) is 5.75 Å². The molecule has 0 bridgehead atoms. The summed E-state index contributed by atoms with van der Waals surface area (Å²) in [6.07, 6.45) is 3.10. The highest BCUT2D eigenvalue weighted by atomic mass is 35.5. The van der Waals surface area contributed by atoms with Crippen molar-refractivity contribution in [2.75, 3.05) is 11.9 Å². The summed E-state index contributed by atoms with van der Waals surface area (Å²) >= 11 is 7.06. The lowest BCUT2D eigenvalue weighted by Gasteiger charge is -2.04. The Bertz CT molecular complexity index is 605. The van der Waals surface area contributed by atoms with Crippen LogP contribution in [-0.2, 0) is 0 Å². The quantitative estimate of drug-likeness (QED) is 0.625. The standard InChI is InChI=1S/C15H14ClNO2S/c1-2-19-12-5-3-11(4-6-12)17-10-9-13(18)14-7-8-15(16)20-14/h3-10,17H,2H2,1H3/b10-9-. The maximum absolute atomic E-state index is 11.8. The van der Waals surface area contributed by atoms with Crippen LogP contribution in [0, 0.1) is 0 Å². The summed E-state index contributed by atoms with van der Waals surface area (Å²) in [7, 11) is 0. The van der Waals surface area contributed by atoms with Gasteiger partial charge in [0.2, 0.25) is 0 Å². The van der Waals surface area contributed by atoms with Crippen molar-refractivity contribution in [3.8, 4) is 5.75 Å². The zero-order valence-electron chi connectivity index (χ0n) is 10.9. The van der Waals surface area contributed by atoms with Crippen molar-refractivity contribution in [1.29, 1.82) is 0 Å². The van der Waals surface area contributed by atoms with Crippen LogP contribution >= 0.6 is 22.9 Å². The Hall–Kier alpha value is -1.78. The van der Waals surface area contributed by atoms with E-state index >= 15 is 0 Å². The van der Waals surface area contributed by atoms with E-state index in [0.29, 0.717) is 15.8 Å². The van der Waals surface area contributed by atoms with Gasteiger partial charge in [0.15, 0.2) is 5.78 Å². The monoisotopic (exact) mass is 307 g/mol.